The van der Waals surface area contributed by atoms with E-state index in [1.54, 1.807) is 20.2 Å². The summed E-state index contributed by atoms with van der Waals surface area (Å²) in [7, 11) is -0.153. The number of hydrogen-bond donors (Lipinski definition) is 1. The van der Waals surface area contributed by atoms with Gasteiger partial charge in [0.15, 0.2) is 0 Å². The fourth-order valence-corrected chi connectivity index (χ4v) is 4.21. The summed E-state index contributed by atoms with van der Waals surface area (Å²) in [5.41, 5.74) is 1.06. The van der Waals surface area contributed by atoms with Gasteiger partial charge in [-0.05, 0) is 31.4 Å². The minimum atomic E-state index is -3.28. The maximum absolute atomic E-state index is 12.0. The van der Waals surface area contributed by atoms with Crippen LogP contribution in [0.2, 0.25) is 0 Å². The molecular formula is C11H18N2O2S2. The summed E-state index contributed by atoms with van der Waals surface area (Å²) >= 11 is 1.37. The Morgan fingerprint density at radius 1 is 1.47 bits per heavy atom. The van der Waals surface area contributed by atoms with Crippen molar-refractivity contribution in [1.29, 1.82) is 0 Å². The van der Waals surface area contributed by atoms with Crippen LogP contribution >= 0.6 is 11.3 Å². The number of hydrogen-bond acceptors (Lipinski definition) is 4. The molecule has 0 radical (unpaired) electrons. The van der Waals surface area contributed by atoms with Crippen molar-refractivity contribution in [3.8, 4) is 0 Å². The maximum Gasteiger partial charge on any atom is 0.252 e. The third-order valence-corrected chi connectivity index (χ3v) is 6.36. The van der Waals surface area contributed by atoms with Crippen LogP contribution in [0.1, 0.15) is 23.3 Å². The Bertz CT molecular complexity index is 502. The number of nitrogens with zero attached hydrogens (tertiary/aromatic N) is 1. The Morgan fingerprint density at radius 2 is 2.12 bits per heavy atom. The van der Waals surface area contributed by atoms with Crippen molar-refractivity contribution in [2.45, 2.75) is 36.6 Å². The summed E-state index contributed by atoms with van der Waals surface area (Å²) in [5, 5.41) is 3.41. The monoisotopic (exact) mass is 274 g/mol. The van der Waals surface area contributed by atoms with Crippen molar-refractivity contribution in [2.24, 2.45) is 0 Å². The van der Waals surface area contributed by atoms with Gasteiger partial charge in [-0.15, -0.1) is 11.3 Å². The molecule has 1 N–H and O–H groups in total. The van der Waals surface area contributed by atoms with Gasteiger partial charge in [0.2, 0.25) is 0 Å². The van der Waals surface area contributed by atoms with Crippen LogP contribution < -0.4 is 5.32 Å². The predicted octanol–water partition coefficient (Wildman–Crippen LogP) is 1.56. The lowest BCUT2D eigenvalue weighted by molar-refractivity contribution is 0.523. The lowest BCUT2D eigenvalue weighted by Gasteiger charge is -2.08. The van der Waals surface area contributed by atoms with Crippen LogP contribution in [0.3, 0.4) is 0 Å². The van der Waals surface area contributed by atoms with Crippen LogP contribution in [0.25, 0.3) is 0 Å². The molecule has 1 heterocycles. The van der Waals surface area contributed by atoms with E-state index in [1.807, 2.05) is 6.92 Å². The molecule has 1 aliphatic rings. The fourth-order valence-electron chi connectivity index (χ4n) is 1.50. The first-order chi connectivity index (χ1) is 7.91. The van der Waals surface area contributed by atoms with E-state index in [4.69, 9.17) is 0 Å². The molecule has 0 atom stereocenters. The van der Waals surface area contributed by atoms with E-state index in [1.165, 1.54) is 28.5 Å². The molecule has 0 saturated heterocycles. The lowest BCUT2D eigenvalue weighted by atomic mass is 10.3. The Labute approximate surface area is 107 Å². The zero-order valence-corrected chi connectivity index (χ0v) is 12.0. The average molecular weight is 274 g/mol. The molecule has 1 aromatic heterocycles. The molecule has 1 aromatic rings. The van der Waals surface area contributed by atoms with E-state index in [0.29, 0.717) is 10.3 Å². The highest BCUT2D eigenvalue weighted by atomic mass is 32.2. The van der Waals surface area contributed by atoms with E-state index in [2.05, 4.69) is 5.32 Å². The van der Waals surface area contributed by atoms with Crippen molar-refractivity contribution in [3.05, 3.63) is 16.5 Å². The minimum absolute atomic E-state index is 0.438. The molecule has 0 unspecified atom stereocenters. The summed E-state index contributed by atoms with van der Waals surface area (Å²) in [6.07, 6.45) is 2.49. The van der Waals surface area contributed by atoms with E-state index in [9.17, 15) is 8.42 Å². The van der Waals surface area contributed by atoms with Crippen molar-refractivity contribution >= 4 is 21.4 Å². The van der Waals surface area contributed by atoms with Gasteiger partial charge in [0.25, 0.3) is 10.0 Å². The second-order valence-corrected chi connectivity index (χ2v) is 8.13. The van der Waals surface area contributed by atoms with Crippen LogP contribution in [-0.2, 0) is 16.6 Å². The third-order valence-electron chi connectivity index (χ3n) is 2.86. The molecule has 17 heavy (non-hydrogen) atoms. The van der Waals surface area contributed by atoms with E-state index >= 15 is 0 Å². The summed E-state index contributed by atoms with van der Waals surface area (Å²) in [6, 6.07) is 2.41. The van der Waals surface area contributed by atoms with Crippen molar-refractivity contribution in [1.82, 2.24) is 9.62 Å². The maximum atomic E-state index is 12.0. The van der Waals surface area contributed by atoms with Gasteiger partial charge in [0, 0.05) is 31.6 Å². The van der Waals surface area contributed by atoms with Crippen molar-refractivity contribution in [2.75, 3.05) is 14.1 Å². The number of rotatable bonds is 5. The highest BCUT2D eigenvalue weighted by Crippen LogP contribution is 2.28. The van der Waals surface area contributed by atoms with Gasteiger partial charge < -0.3 is 5.32 Å². The average Bonchev–Trinajstić information content (AvgIpc) is 2.99. The smallest absolute Gasteiger partial charge is 0.252 e. The Balaban J connectivity index is 2.17. The number of sulfonamides is 1. The Morgan fingerprint density at radius 3 is 2.65 bits per heavy atom. The summed E-state index contributed by atoms with van der Waals surface area (Å²) in [6.45, 7) is 2.75. The zero-order valence-electron chi connectivity index (χ0n) is 10.4. The molecule has 0 aliphatic heterocycles. The Hall–Kier alpha value is -0.430. The Kier molecular flexibility index (Phi) is 3.58. The molecule has 0 aromatic carbocycles. The summed E-state index contributed by atoms with van der Waals surface area (Å²) < 4.78 is 25.6. The molecule has 4 nitrogen and oxygen atoms in total. The van der Waals surface area contributed by atoms with Gasteiger partial charge in [-0.25, -0.2) is 12.7 Å². The second-order valence-electron chi connectivity index (χ2n) is 4.61. The second kappa shape index (κ2) is 4.68. The molecule has 1 saturated carbocycles. The minimum Gasteiger partial charge on any atom is -0.309 e. The van der Waals surface area contributed by atoms with Gasteiger partial charge in [0.1, 0.15) is 4.21 Å². The van der Waals surface area contributed by atoms with E-state index in [-0.39, 0.29) is 0 Å². The van der Waals surface area contributed by atoms with Crippen LogP contribution in [0.4, 0.5) is 0 Å². The van der Waals surface area contributed by atoms with Gasteiger partial charge in [-0.1, -0.05) is 0 Å². The van der Waals surface area contributed by atoms with Crippen molar-refractivity contribution in [3.63, 3.8) is 0 Å². The van der Waals surface area contributed by atoms with E-state index in [0.717, 1.165) is 17.0 Å². The number of aryl methyl sites for hydroxylation is 1. The zero-order chi connectivity index (χ0) is 12.6. The molecule has 1 aliphatic carbocycles. The summed E-state index contributed by atoms with van der Waals surface area (Å²) in [4.78, 5) is 1.12. The molecule has 2 rings (SSSR count). The quantitative estimate of drug-likeness (QED) is 0.886. The van der Waals surface area contributed by atoms with Crippen LogP contribution in [0.5, 0.6) is 0 Å². The highest BCUT2D eigenvalue weighted by Gasteiger charge is 2.23. The largest absolute Gasteiger partial charge is 0.309 e. The normalized spacial score (nSPS) is 16.7. The molecule has 6 heteroatoms. The van der Waals surface area contributed by atoms with Crippen LogP contribution in [0.15, 0.2) is 10.3 Å². The summed E-state index contributed by atoms with van der Waals surface area (Å²) in [5.74, 6) is 0. The fraction of sp³-hybridized carbons (Fsp3) is 0.636. The highest BCUT2D eigenvalue weighted by molar-refractivity contribution is 7.91. The first kappa shape index (κ1) is 13.0. The predicted molar refractivity (Wildman–Crippen MR) is 69.8 cm³/mol. The van der Waals surface area contributed by atoms with Gasteiger partial charge in [-0.3, -0.25) is 0 Å². The first-order valence-corrected chi connectivity index (χ1v) is 7.92. The number of nitrogens with one attached hydrogen (secondary N) is 1. The van der Waals surface area contributed by atoms with Gasteiger partial charge >= 0.3 is 0 Å². The standard InChI is InChI=1S/C11H18N2O2S2/c1-8-6-11(17(14,15)13(2)3)16-10(8)7-12-9-4-5-9/h6,9,12H,4-5,7H2,1-3H3. The molecule has 0 bridgehead atoms. The number of thiophene rings is 1. The van der Waals surface area contributed by atoms with Gasteiger partial charge in [0.05, 0.1) is 0 Å². The third kappa shape index (κ3) is 2.88. The molecule has 0 amide bonds. The first-order valence-electron chi connectivity index (χ1n) is 5.66. The van der Waals surface area contributed by atoms with Crippen molar-refractivity contribution < 1.29 is 8.42 Å². The lowest BCUT2D eigenvalue weighted by Crippen LogP contribution is -2.21. The van der Waals surface area contributed by atoms with Crippen LogP contribution in [-0.4, -0.2) is 32.9 Å². The SMILES string of the molecule is Cc1cc(S(=O)(=O)N(C)C)sc1CNC1CC1. The molecular weight excluding hydrogens is 256 g/mol. The topological polar surface area (TPSA) is 49.4 Å². The molecule has 96 valence electrons. The van der Waals surface area contributed by atoms with Gasteiger partial charge in [-0.2, -0.15) is 0 Å². The molecule has 1 fully saturated rings. The van der Waals surface area contributed by atoms with E-state index < -0.39 is 10.0 Å². The van der Waals surface area contributed by atoms with Crippen LogP contribution in [0, 0.1) is 6.92 Å². The molecule has 0 spiro atoms.